The second-order valence-corrected chi connectivity index (χ2v) is 5.34. The summed E-state index contributed by atoms with van der Waals surface area (Å²) in [5.74, 6) is -0.246. The first-order valence-corrected chi connectivity index (χ1v) is 7.52. The number of methoxy groups -OCH3 is 1. The van der Waals surface area contributed by atoms with Crippen LogP contribution < -0.4 is 5.32 Å². The van der Waals surface area contributed by atoms with Crippen LogP contribution >= 0.6 is 0 Å². The molecule has 23 heavy (non-hydrogen) atoms. The molecule has 6 nitrogen and oxygen atoms in total. The van der Waals surface area contributed by atoms with E-state index in [0.29, 0.717) is 32.1 Å². The summed E-state index contributed by atoms with van der Waals surface area (Å²) in [6.45, 7) is 5.48. The standard InChI is InChI=1S/C17H22N2O4/c1-3-16(20)18-14-6-4-5-13(9-14)10-17(21)19-7-8-23-12-15(19)11-22-2/h3-6,9,15H,1,7-8,10-12H2,2H3,(H,18,20). The van der Waals surface area contributed by atoms with E-state index >= 15 is 0 Å². The van der Waals surface area contributed by atoms with Gasteiger partial charge in [-0.15, -0.1) is 0 Å². The van der Waals surface area contributed by atoms with Crippen molar-refractivity contribution in [1.82, 2.24) is 4.90 Å². The smallest absolute Gasteiger partial charge is 0.247 e. The van der Waals surface area contributed by atoms with E-state index in [1.807, 2.05) is 17.0 Å². The molecule has 1 unspecified atom stereocenters. The van der Waals surface area contributed by atoms with Crippen LogP contribution in [0.2, 0.25) is 0 Å². The molecule has 1 N–H and O–H groups in total. The second-order valence-electron chi connectivity index (χ2n) is 5.34. The molecule has 0 aromatic heterocycles. The van der Waals surface area contributed by atoms with Gasteiger partial charge in [-0.05, 0) is 23.8 Å². The van der Waals surface area contributed by atoms with Gasteiger partial charge in [0, 0.05) is 19.3 Å². The van der Waals surface area contributed by atoms with Gasteiger partial charge in [-0.1, -0.05) is 18.7 Å². The molecular weight excluding hydrogens is 296 g/mol. The number of ether oxygens (including phenoxy) is 2. The molecule has 124 valence electrons. The zero-order valence-electron chi connectivity index (χ0n) is 13.3. The van der Waals surface area contributed by atoms with Gasteiger partial charge in [-0.2, -0.15) is 0 Å². The molecule has 1 saturated heterocycles. The number of rotatable bonds is 6. The van der Waals surface area contributed by atoms with Crippen LogP contribution in [0.3, 0.4) is 0 Å². The van der Waals surface area contributed by atoms with Gasteiger partial charge >= 0.3 is 0 Å². The van der Waals surface area contributed by atoms with Crippen molar-refractivity contribution < 1.29 is 19.1 Å². The highest BCUT2D eigenvalue weighted by Gasteiger charge is 2.27. The van der Waals surface area contributed by atoms with Crippen LogP contribution in [0, 0.1) is 0 Å². The van der Waals surface area contributed by atoms with Crippen molar-refractivity contribution in [3.05, 3.63) is 42.5 Å². The highest BCUT2D eigenvalue weighted by molar-refractivity contribution is 5.98. The number of amides is 2. The van der Waals surface area contributed by atoms with Crippen molar-refractivity contribution >= 4 is 17.5 Å². The highest BCUT2D eigenvalue weighted by atomic mass is 16.5. The summed E-state index contributed by atoms with van der Waals surface area (Å²) in [5, 5.41) is 2.69. The molecule has 0 saturated carbocycles. The molecule has 0 aliphatic carbocycles. The fraction of sp³-hybridized carbons (Fsp3) is 0.412. The summed E-state index contributed by atoms with van der Waals surface area (Å²) in [6, 6.07) is 7.20. The van der Waals surface area contributed by atoms with Gasteiger partial charge in [-0.25, -0.2) is 0 Å². The molecule has 1 atom stereocenters. The Morgan fingerprint density at radius 3 is 3.09 bits per heavy atom. The van der Waals surface area contributed by atoms with Crippen molar-refractivity contribution in [2.75, 3.05) is 38.8 Å². The average molecular weight is 318 g/mol. The van der Waals surface area contributed by atoms with Gasteiger partial charge in [0.2, 0.25) is 11.8 Å². The first kappa shape index (κ1) is 17.2. The fourth-order valence-corrected chi connectivity index (χ4v) is 2.54. The third-order valence-corrected chi connectivity index (χ3v) is 3.64. The summed E-state index contributed by atoms with van der Waals surface area (Å²) in [6.07, 6.45) is 1.49. The Labute approximate surface area is 136 Å². The number of hydrogen-bond acceptors (Lipinski definition) is 4. The summed E-state index contributed by atoms with van der Waals surface area (Å²) in [5.41, 5.74) is 1.50. The summed E-state index contributed by atoms with van der Waals surface area (Å²) >= 11 is 0. The maximum absolute atomic E-state index is 12.6. The lowest BCUT2D eigenvalue weighted by molar-refractivity contribution is -0.141. The monoisotopic (exact) mass is 318 g/mol. The van der Waals surface area contributed by atoms with E-state index in [9.17, 15) is 9.59 Å². The maximum Gasteiger partial charge on any atom is 0.247 e. The van der Waals surface area contributed by atoms with Crippen molar-refractivity contribution in [2.24, 2.45) is 0 Å². The lowest BCUT2D eigenvalue weighted by atomic mass is 10.1. The quantitative estimate of drug-likeness (QED) is 0.801. The SMILES string of the molecule is C=CC(=O)Nc1cccc(CC(=O)N2CCOCC2COC)c1. The van der Waals surface area contributed by atoms with Gasteiger partial charge in [-0.3, -0.25) is 9.59 Å². The molecule has 1 fully saturated rings. The third kappa shape index (κ3) is 4.91. The molecule has 1 heterocycles. The number of hydrogen-bond donors (Lipinski definition) is 1. The Kier molecular flexibility index (Phi) is 6.31. The van der Waals surface area contributed by atoms with Gasteiger partial charge in [0.25, 0.3) is 0 Å². The lowest BCUT2D eigenvalue weighted by Crippen LogP contribution is -2.51. The minimum atomic E-state index is -0.276. The number of carbonyl (C=O) groups excluding carboxylic acids is 2. The molecule has 1 aromatic rings. The Morgan fingerprint density at radius 1 is 1.52 bits per heavy atom. The Bertz CT molecular complexity index is 571. The number of morpholine rings is 1. The van der Waals surface area contributed by atoms with Crippen LogP contribution in [-0.4, -0.2) is 56.2 Å². The van der Waals surface area contributed by atoms with Crippen molar-refractivity contribution in [3.8, 4) is 0 Å². The third-order valence-electron chi connectivity index (χ3n) is 3.64. The van der Waals surface area contributed by atoms with E-state index in [1.165, 1.54) is 6.08 Å². The first-order valence-electron chi connectivity index (χ1n) is 7.52. The van der Waals surface area contributed by atoms with Crippen molar-refractivity contribution in [2.45, 2.75) is 12.5 Å². The number of nitrogens with one attached hydrogen (secondary N) is 1. The number of benzene rings is 1. The highest BCUT2D eigenvalue weighted by Crippen LogP contribution is 2.14. The van der Waals surface area contributed by atoms with Gasteiger partial charge in [0.05, 0.1) is 32.3 Å². The van der Waals surface area contributed by atoms with Crippen molar-refractivity contribution in [3.63, 3.8) is 0 Å². The topological polar surface area (TPSA) is 67.9 Å². The molecule has 0 bridgehead atoms. The van der Waals surface area contributed by atoms with E-state index in [2.05, 4.69) is 11.9 Å². The predicted octanol–water partition coefficient (Wildman–Crippen LogP) is 1.23. The van der Waals surface area contributed by atoms with Crippen LogP contribution in [0.5, 0.6) is 0 Å². The van der Waals surface area contributed by atoms with Crippen LogP contribution in [-0.2, 0) is 25.5 Å². The Balaban J connectivity index is 2.02. The van der Waals surface area contributed by atoms with E-state index in [0.717, 1.165) is 5.56 Å². The molecule has 0 radical (unpaired) electrons. The minimum Gasteiger partial charge on any atom is -0.382 e. The summed E-state index contributed by atoms with van der Waals surface area (Å²) in [7, 11) is 1.61. The average Bonchev–Trinajstić information content (AvgIpc) is 2.56. The predicted molar refractivity (Wildman–Crippen MR) is 87.2 cm³/mol. The largest absolute Gasteiger partial charge is 0.382 e. The van der Waals surface area contributed by atoms with Crippen LogP contribution in [0.1, 0.15) is 5.56 Å². The molecule has 2 rings (SSSR count). The normalized spacial score (nSPS) is 17.6. The minimum absolute atomic E-state index is 0.0301. The number of nitrogens with zero attached hydrogens (tertiary/aromatic N) is 1. The molecule has 1 aromatic carbocycles. The molecule has 0 spiro atoms. The molecule has 1 aliphatic rings. The summed E-state index contributed by atoms with van der Waals surface area (Å²) < 4.78 is 10.6. The Morgan fingerprint density at radius 2 is 2.35 bits per heavy atom. The molecule has 1 aliphatic heterocycles. The lowest BCUT2D eigenvalue weighted by Gasteiger charge is -2.35. The zero-order chi connectivity index (χ0) is 16.7. The second kappa shape index (κ2) is 8.45. The van der Waals surface area contributed by atoms with Crippen LogP contribution in [0.25, 0.3) is 0 Å². The Hall–Kier alpha value is -2.18. The molecule has 2 amide bonds. The molecular formula is C17H22N2O4. The van der Waals surface area contributed by atoms with E-state index < -0.39 is 0 Å². The number of anilines is 1. The van der Waals surface area contributed by atoms with E-state index in [-0.39, 0.29) is 24.3 Å². The van der Waals surface area contributed by atoms with E-state index in [4.69, 9.17) is 9.47 Å². The van der Waals surface area contributed by atoms with Gasteiger partial charge in [0.1, 0.15) is 0 Å². The fourth-order valence-electron chi connectivity index (χ4n) is 2.54. The van der Waals surface area contributed by atoms with Crippen molar-refractivity contribution in [1.29, 1.82) is 0 Å². The van der Waals surface area contributed by atoms with Gasteiger partial charge < -0.3 is 19.7 Å². The van der Waals surface area contributed by atoms with E-state index in [1.54, 1.807) is 19.2 Å². The molecule has 6 heteroatoms. The van der Waals surface area contributed by atoms with Crippen LogP contribution in [0.15, 0.2) is 36.9 Å². The maximum atomic E-state index is 12.6. The van der Waals surface area contributed by atoms with Gasteiger partial charge in [0.15, 0.2) is 0 Å². The van der Waals surface area contributed by atoms with Crippen LogP contribution in [0.4, 0.5) is 5.69 Å². The summed E-state index contributed by atoms with van der Waals surface area (Å²) in [4.78, 5) is 25.7. The number of carbonyl (C=O) groups is 2. The first-order chi connectivity index (χ1) is 11.1. The zero-order valence-corrected chi connectivity index (χ0v) is 13.3.